The number of aryl methyl sites for hydroxylation is 1. The van der Waals surface area contributed by atoms with Crippen LogP contribution in [0.5, 0.6) is 0 Å². The molecule has 0 aliphatic carbocycles. The highest BCUT2D eigenvalue weighted by molar-refractivity contribution is 9.09. The van der Waals surface area contributed by atoms with Crippen LogP contribution in [-0.4, -0.2) is 11.1 Å². The molecule has 0 aliphatic rings. The number of hydrogen-bond donors (Lipinski definition) is 0. The summed E-state index contributed by atoms with van der Waals surface area (Å²) < 4.78 is 12.9. The fourth-order valence-corrected chi connectivity index (χ4v) is 1.70. The molecule has 0 bridgehead atoms. The average molecular weight is 259 g/mol. The predicted octanol–water partition coefficient (Wildman–Crippen LogP) is 3.36. The van der Waals surface area contributed by atoms with Gasteiger partial charge in [-0.1, -0.05) is 28.9 Å². The van der Waals surface area contributed by atoms with Crippen LogP contribution in [0.25, 0.3) is 0 Å². The zero-order valence-corrected chi connectivity index (χ0v) is 9.60. The quantitative estimate of drug-likeness (QED) is 0.598. The molecule has 14 heavy (non-hydrogen) atoms. The highest BCUT2D eigenvalue weighted by Crippen LogP contribution is 2.14. The third-order valence-electron chi connectivity index (χ3n) is 2.07. The SMILES string of the molecule is CCc1ccc(F)cc1C(=O)CCBr. The molecule has 1 nitrogen and oxygen atoms in total. The van der Waals surface area contributed by atoms with Gasteiger partial charge in [0.1, 0.15) is 5.82 Å². The minimum Gasteiger partial charge on any atom is -0.294 e. The molecular weight excluding hydrogens is 247 g/mol. The van der Waals surface area contributed by atoms with Gasteiger partial charge in [-0.05, 0) is 24.1 Å². The van der Waals surface area contributed by atoms with Crippen molar-refractivity contribution in [2.24, 2.45) is 0 Å². The first-order valence-corrected chi connectivity index (χ1v) is 5.68. The van der Waals surface area contributed by atoms with Gasteiger partial charge in [-0.15, -0.1) is 0 Å². The van der Waals surface area contributed by atoms with Crippen LogP contribution in [0.15, 0.2) is 18.2 Å². The Labute approximate surface area is 91.5 Å². The van der Waals surface area contributed by atoms with Crippen LogP contribution >= 0.6 is 15.9 Å². The number of carbonyl (C=O) groups excluding carboxylic acids is 1. The standard InChI is InChI=1S/C11H12BrFO/c1-2-8-3-4-9(13)7-10(8)11(14)5-6-12/h3-4,7H,2,5-6H2,1H3. The number of hydrogen-bond acceptors (Lipinski definition) is 1. The zero-order valence-electron chi connectivity index (χ0n) is 8.02. The van der Waals surface area contributed by atoms with E-state index < -0.39 is 0 Å². The summed E-state index contributed by atoms with van der Waals surface area (Å²) in [6.07, 6.45) is 1.17. The van der Waals surface area contributed by atoms with Crippen LogP contribution in [0.2, 0.25) is 0 Å². The second-order valence-corrected chi connectivity index (χ2v) is 3.81. The molecule has 0 aliphatic heterocycles. The molecule has 0 unspecified atom stereocenters. The highest BCUT2D eigenvalue weighted by Gasteiger charge is 2.10. The van der Waals surface area contributed by atoms with E-state index in [4.69, 9.17) is 0 Å². The number of alkyl halides is 1. The van der Waals surface area contributed by atoms with Gasteiger partial charge in [0, 0.05) is 17.3 Å². The van der Waals surface area contributed by atoms with E-state index in [9.17, 15) is 9.18 Å². The van der Waals surface area contributed by atoms with Crippen molar-refractivity contribution in [2.45, 2.75) is 19.8 Å². The molecule has 1 aromatic rings. The fourth-order valence-electron chi connectivity index (χ4n) is 1.34. The van der Waals surface area contributed by atoms with Gasteiger partial charge < -0.3 is 0 Å². The van der Waals surface area contributed by atoms with E-state index in [0.717, 1.165) is 12.0 Å². The Balaban J connectivity index is 3.03. The maximum Gasteiger partial charge on any atom is 0.164 e. The topological polar surface area (TPSA) is 17.1 Å². The monoisotopic (exact) mass is 258 g/mol. The summed E-state index contributed by atoms with van der Waals surface area (Å²) in [6.45, 7) is 1.96. The van der Waals surface area contributed by atoms with Crippen LogP contribution in [0.4, 0.5) is 4.39 Å². The number of Topliss-reactive ketones (excluding diaryl/α,β-unsaturated/α-hetero) is 1. The minimum absolute atomic E-state index is 0.00164. The summed E-state index contributed by atoms with van der Waals surface area (Å²) in [5.41, 5.74) is 1.43. The van der Waals surface area contributed by atoms with Gasteiger partial charge in [-0.2, -0.15) is 0 Å². The largest absolute Gasteiger partial charge is 0.294 e. The van der Waals surface area contributed by atoms with Crippen molar-refractivity contribution in [3.05, 3.63) is 35.1 Å². The fraction of sp³-hybridized carbons (Fsp3) is 0.364. The Morgan fingerprint density at radius 3 is 2.79 bits per heavy atom. The summed E-state index contributed by atoms with van der Waals surface area (Å²) in [5.74, 6) is -0.349. The van der Waals surface area contributed by atoms with E-state index in [1.807, 2.05) is 6.92 Å². The molecule has 1 aromatic carbocycles. The number of carbonyl (C=O) groups is 1. The molecule has 0 spiro atoms. The highest BCUT2D eigenvalue weighted by atomic mass is 79.9. The van der Waals surface area contributed by atoms with E-state index in [0.29, 0.717) is 17.3 Å². The first-order chi connectivity index (χ1) is 6.69. The van der Waals surface area contributed by atoms with Gasteiger partial charge in [-0.3, -0.25) is 4.79 Å². The maximum atomic E-state index is 12.9. The van der Waals surface area contributed by atoms with Gasteiger partial charge >= 0.3 is 0 Å². The molecule has 0 saturated heterocycles. The lowest BCUT2D eigenvalue weighted by molar-refractivity contribution is 0.0988. The summed E-state index contributed by atoms with van der Waals surface area (Å²) in [5, 5.41) is 0.617. The minimum atomic E-state index is -0.347. The molecule has 0 heterocycles. The molecule has 0 N–H and O–H groups in total. The third-order valence-corrected chi connectivity index (χ3v) is 2.47. The molecular formula is C11H12BrFO. The number of rotatable bonds is 4. The van der Waals surface area contributed by atoms with Gasteiger partial charge in [-0.25, -0.2) is 4.39 Å². The Morgan fingerprint density at radius 2 is 2.21 bits per heavy atom. The third kappa shape index (κ3) is 2.64. The van der Waals surface area contributed by atoms with Crippen LogP contribution in [0, 0.1) is 5.82 Å². The molecule has 3 heteroatoms. The van der Waals surface area contributed by atoms with Gasteiger partial charge in [0.15, 0.2) is 5.78 Å². The number of halogens is 2. The van der Waals surface area contributed by atoms with Crippen molar-refractivity contribution in [1.29, 1.82) is 0 Å². The van der Waals surface area contributed by atoms with Gasteiger partial charge in [0.25, 0.3) is 0 Å². The summed E-state index contributed by atoms with van der Waals surface area (Å²) in [7, 11) is 0. The van der Waals surface area contributed by atoms with Gasteiger partial charge in [0.05, 0.1) is 0 Å². The van der Waals surface area contributed by atoms with Crippen molar-refractivity contribution >= 4 is 21.7 Å². The zero-order chi connectivity index (χ0) is 10.6. The van der Waals surface area contributed by atoms with E-state index in [1.54, 1.807) is 6.07 Å². The lowest BCUT2D eigenvalue weighted by Gasteiger charge is -2.05. The van der Waals surface area contributed by atoms with E-state index in [2.05, 4.69) is 15.9 Å². The van der Waals surface area contributed by atoms with E-state index in [-0.39, 0.29) is 11.6 Å². The van der Waals surface area contributed by atoms with Gasteiger partial charge in [0.2, 0.25) is 0 Å². The first kappa shape index (κ1) is 11.4. The number of ketones is 1. The second-order valence-electron chi connectivity index (χ2n) is 3.02. The summed E-state index contributed by atoms with van der Waals surface area (Å²) in [4.78, 5) is 11.6. The Bertz CT molecular complexity index is 336. The molecule has 0 amide bonds. The van der Waals surface area contributed by atoms with Crippen molar-refractivity contribution < 1.29 is 9.18 Å². The molecule has 76 valence electrons. The molecule has 0 radical (unpaired) electrons. The smallest absolute Gasteiger partial charge is 0.164 e. The van der Waals surface area contributed by atoms with Crippen LogP contribution in [0.3, 0.4) is 0 Å². The average Bonchev–Trinajstić information content (AvgIpc) is 2.18. The molecule has 0 saturated carbocycles. The van der Waals surface area contributed by atoms with Crippen LogP contribution in [0.1, 0.15) is 29.3 Å². The maximum absolute atomic E-state index is 12.9. The Hall–Kier alpha value is -0.700. The van der Waals surface area contributed by atoms with Crippen molar-refractivity contribution in [1.82, 2.24) is 0 Å². The van der Waals surface area contributed by atoms with Crippen molar-refractivity contribution in [2.75, 3.05) is 5.33 Å². The Kier molecular flexibility index (Phi) is 4.26. The predicted molar refractivity (Wildman–Crippen MR) is 58.5 cm³/mol. The van der Waals surface area contributed by atoms with E-state index >= 15 is 0 Å². The normalized spacial score (nSPS) is 10.2. The number of benzene rings is 1. The Morgan fingerprint density at radius 1 is 1.50 bits per heavy atom. The molecule has 0 aromatic heterocycles. The summed E-state index contributed by atoms with van der Waals surface area (Å²) >= 11 is 3.20. The van der Waals surface area contributed by atoms with Crippen LogP contribution in [-0.2, 0) is 6.42 Å². The molecule has 0 atom stereocenters. The first-order valence-electron chi connectivity index (χ1n) is 4.56. The van der Waals surface area contributed by atoms with Crippen molar-refractivity contribution in [3.63, 3.8) is 0 Å². The molecule has 1 rings (SSSR count). The second kappa shape index (κ2) is 5.25. The summed E-state index contributed by atoms with van der Waals surface area (Å²) in [6, 6.07) is 4.39. The lowest BCUT2D eigenvalue weighted by Crippen LogP contribution is -2.04. The lowest BCUT2D eigenvalue weighted by atomic mass is 10.0. The molecule has 0 fully saturated rings. The van der Waals surface area contributed by atoms with Crippen LogP contribution < -0.4 is 0 Å². The van der Waals surface area contributed by atoms with E-state index in [1.165, 1.54) is 12.1 Å². The van der Waals surface area contributed by atoms with Crippen molar-refractivity contribution in [3.8, 4) is 0 Å².